The summed E-state index contributed by atoms with van der Waals surface area (Å²) in [5.41, 5.74) is 11.5. The van der Waals surface area contributed by atoms with Crippen molar-refractivity contribution in [2.45, 2.75) is 28.9 Å². The number of nitrogens with one attached hydrogen (secondary N) is 2. The number of benzene rings is 5. The minimum absolute atomic E-state index is 0.109. The molecule has 5 aromatic carbocycles. The van der Waals surface area contributed by atoms with E-state index in [9.17, 15) is 0 Å². The van der Waals surface area contributed by atoms with Gasteiger partial charge in [-0.2, -0.15) is 0 Å². The van der Waals surface area contributed by atoms with E-state index < -0.39 is 0 Å². The van der Waals surface area contributed by atoms with Crippen LogP contribution in [0.5, 0.6) is 0 Å². The van der Waals surface area contributed by atoms with Crippen LogP contribution >= 0.6 is 11.8 Å². The van der Waals surface area contributed by atoms with Gasteiger partial charge in [-0.1, -0.05) is 121 Å². The minimum atomic E-state index is -0.119. The molecular formula is C42H34N4S. The summed E-state index contributed by atoms with van der Waals surface area (Å²) >= 11 is 2.05. The molecule has 4 aliphatic rings. The highest BCUT2D eigenvalue weighted by atomic mass is 32.2. The number of thioether (sulfide) groups is 1. The molecular weight excluding hydrogens is 593 g/mol. The maximum Gasteiger partial charge on any atom is 0.163 e. The Kier molecular flexibility index (Phi) is 6.09. The van der Waals surface area contributed by atoms with Crippen LogP contribution in [0, 0.1) is 0 Å². The maximum absolute atomic E-state index is 4.12. The lowest BCUT2D eigenvalue weighted by Crippen LogP contribution is -2.53. The van der Waals surface area contributed by atoms with Crippen LogP contribution in [-0.4, -0.2) is 34.4 Å². The minimum Gasteiger partial charge on any atom is -0.382 e. The summed E-state index contributed by atoms with van der Waals surface area (Å²) in [6.45, 7) is 0.823. The third kappa shape index (κ3) is 4.00. The van der Waals surface area contributed by atoms with E-state index in [0.29, 0.717) is 5.25 Å². The number of hydrogen-bond donors (Lipinski definition) is 2. The predicted molar refractivity (Wildman–Crippen MR) is 198 cm³/mol. The van der Waals surface area contributed by atoms with Crippen LogP contribution in [0.3, 0.4) is 0 Å². The van der Waals surface area contributed by atoms with Crippen LogP contribution in [0.4, 0.5) is 0 Å². The Morgan fingerprint density at radius 2 is 1.53 bits per heavy atom. The first-order valence-electron chi connectivity index (χ1n) is 16.6. The molecule has 47 heavy (non-hydrogen) atoms. The van der Waals surface area contributed by atoms with E-state index in [0.717, 1.165) is 18.7 Å². The highest BCUT2D eigenvalue weighted by Crippen LogP contribution is 2.56. The smallest absolute Gasteiger partial charge is 0.163 e. The summed E-state index contributed by atoms with van der Waals surface area (Å²) in [7, 11) is 2.26. The molecule has 3 unspecified atom stereocenters. The highest BCUT2D eigenvalue weighted by Gasteiger charge is 2.39. The summed E-state index contributed by atoms with van der Waals surface area (Å²) in [6, 6.07) is 37.8. The van der Waals surface area contributed by atoms with Crippen molar-refractivity contribution in [1.29, 1.82) is 0 Å². The first-order valence-corrected chi connectivity index (χ1v) is 17.4. The highest BCUT2D eigenvalue weighted by molar-refractivity contribution is 8.01. The van der Waals surface area contributed by atoms with Gasteiger partial charge in [0, 0.05) is 38.6 Å². The van der Waals surface area contributed by atoms with Gasteiger partial charge in [0.1, 0.15) is 0 Å². The van der Waals surface area contributed by atoms with Gasteiger partial charge >= 0.3 is 0 Å². The summed E-state index contributed by atoms with van der Waals surface area (Å²) in [5.74, 6) is 0. The second-order valence-corrected chi connectivity index (χ2v) is 14.1. The Morgan fingerprint density at radius 1 is 0.766 bits per heavy atom. The molecule has 1 aliphatic carbocycles. The first kappa shape index (κ1) is 27.2. The SMILES string of the molecule is CN1C2C=CCNC2=C(c2cccc(-c3ccccc3)c2)NC1n1c2ccccc2c2c3ccccc3c3c(c21)SC1CC=CC=C31. The first-order chi connectivity index (χ1) is 23.3. The molecule has 0 spiro atoms. The average Bonchev–Trinajstić information content (AvgIpc) is 3.70. The van der Waals surface area contributed by atoms with Gasteiger partial charge < -0.3 is 15.2 Å². The number of likely N-dealkylation sites (N-methyl/N-ethyl adjacent to an activating group) is 1. The van der Waals surface area contributed by atoms with E-state index in [-0.39, 0.29) is 12.3 Å². The van der Waals surface area contributed by atoms with Crippen LogP contribution in [0.15, 0.2) is 144 Å². The van der Waals surface area contributed by atoms with Gasteiger partial charge in [0.05, 0.1) is 28.5 Å². The Morgan fingerprint density at radius 3 is 2.43 bits per heavy atom. The van der Waals surface area contributed by atoms with Gasteiger partial charge in [-0.25, -0.2) is 0 Å². The van der Waals surface area contributed by atoms with Gasteiger partial charge in [0.15, 0.2) is 6.29 Å². The van der Waals surface area contributed by atoms with Gasteiger partial charge in [-0.05, 0) is 53.1 Å². The maximum atomic E-state index is 4.12. The van der Waals surface area contributed by atoms with Crippen molar-refractivity contribution < 1.29 is 0 Å². The number of rotatable bonds is 3. The molecule has 0 fully saturated rings. The lowest BCUT2D eigenvalue weighted by Gasteiger charge is -2.44. The number of para-hydroxylation sites is 1. The zero-order valence-electron chi connectivity index (χ0n) is 26.2. The number of allylic oxidation sites excluding steroid dienone is 3. The fraction of sp³-hybridized carbons (Fsp3) is 0.143. The van der Waals surface area contributed by atoms with Crippen molar-refractivity contribution in [3.05, 3.63) is 150 Å². The van der Waals surface area contributed by atoms with Crippen LogP contribution in [0.2, 0.25) is 0 Å². The Balaban J connectivity index is 1.24. The van der Waals surface area contributed by atoms with Crippen molar-refractivity contribution >= 4 is 55.6 Å². The van der Waals surface area contributed by atoms with Gasteiger partial charge in [-0.3, -0.25) is 4.90 Å². The molecule has 0 saturated heterocycles. The summed E-state index contributed by atoms with van der Waals surface area (Å²) < 4.78 is 2.61. The van der Waals surface area contributed by atoms with Crippen molar-refractivity contribution in [3.63, 3.8) is 0 Å². The van der Waals surface area contributed by atoms with E-state index >= 15 is 0 Å². The molecule has 0 bridgehead atoms. The van der Waals surface area contributed by atoms with Crippen LogP contribution < -0.4 is 10.6 Å². The molecule has 4 heterocycles. The van der Waals surface area contributed by atoms with Gasteiger partial charge in [0.2, 0.25) is 0 Å². The van der Waals surface area contributed by atoms with Crippen LogP contribution in [-0.2, 0) is 0 Å². The lowest BCUT2D eigenvalue weighted by atomic mass is 9.91. The second kappa shape index (κ2) is 10.5. The van der Waals surface area contributed by atoms with E-state index in [1.807, 2.05) is 0 Å². The van der Waals surface area contributed by atoms with Gasteiger partial charge in [-0.15, -0.1) is 11.8 Å². The number of hydrogen-bond acceptors (Lipinski definition) is 4. The predicted octanol–water partition coefficient (Wildman–Crippen LogP) is 9.32. The molecule has 2 N–H and O–H groups in total. The molecule has 0 radical (unpaired) electrons. The second-order valence-electron chi connectivity index (χ2n) is 12.9. The van der Waals surface area contributed by atoms with Crippen LogP contribution in [0.1, 0.15) is 23.8 Å². The molecule has 4 nitrogen and oxygen atoms in total. The topological polar surface area (TPSA) is 32.2 Å². The standard InChI is InChI=1S/C42H34N4S/c1-45-34-22-12-24-43-39(34)38(28-16-11-15-27(25-28)26-13-3-2-4-14-26)44-42(45)46-33-21-9-7-19-31(33)36-29-17-5-6-18-30(29)37-32-20-8-10-23-35(32)47-41(37)40(36)46/h2-22,25,34-35,42-44H,23-24H2,1H3. The molecule has 1 aromatic heterocycles. The Hall–Kier alpha value is -4.97. The molecule has 6 aromatic rings. The van der Waals surface area contributed by atoms with E-state index in [2.05, 4.69) is 172 Å². The van der Waals surface area contributed by atoms with E-state index in [1.54, 1.807) is 0 Å². The quantitative estimate of drug-likeness (QED) is 0.192. The Bertz CT molecular complexity index is 2380. The molecule has 228 valence electrons. The summed E-state index contributed by atoms with van der Waals surface area (Å²) in [5, 5.41) is 13.7. The summed E-state index contributed by atoms with van der Waals surface area (Å²) in [4.78, 5) is 3.90. The molecule has 0 amide bonds. The number of nitrogens with zero attached hydrogens (tertiary/aromatic N) is 2. The molecule has 3 aliphatic heterocycles. The summed E-state index contributed by atoms with van der Waals surface area (Å²) in [6.07, 6.45) is 12.5. The Labute approximate surface area is 278 Å². The molecule has 5 heteroatoms. The molecule has 10 rings (SSSR count). The largest absolute Gasteiger partial charge is 0.382 e. The molecule has 3 atom stereocenters. The van der Waals surface area contributed by atoms with Gasteiger partial charge in [0.25, 0.3) is 0 Å². The van der Waals surface area contributed by atoms with Crippen molar-refractivity contribution in [3.8, 4) is 11.1 Å². The van der Waals surface area contributed by atoms with Crippen molar-refractivity contribution in [1.82, 2.24) is 20.1 Å². The zero-order valence-corrected chi connectivity index (χ0v) is 27.0. The molecule has 0 saturated carbocycles. The van der Waals surface area contributed by atoms with Crippen molar-refractivity contribution in [2.75, 3.05) is 13.6 Å². The average molecular weight is 627 g/mol. The third-order valence-corrected chi connectivity index (χ3v) is 11.7. The van der Waals surface area contributed by atoms with Crippen molar-refractivity contribution in [2.24, 2.45) is 0 Å². The van der Waals surface area contributed by atoms with Crippen LogP contribution in [0.25, 0.3) is 55.0 Å². The number of fused-ring (bicyclic) bond motifs is 11. The van der Waals surface area contributed by atoms with E-state index in [1.165, 1.54) is 71.0 Å². The monoisotopic (exact) mass is 626 g/mol. The normalized spacial score (nSPS) is 21.8. The number of aromatic nitrogens is 1. The fourth-order valence-electron chi connectivity index (χ4n) is 8.25. The lowest BCUT2D eigenvalue weighted by molar-refractivity contribution is 0.131. The van der Waals surface area contributed by atoms with E-state index in [4.69, 9.17) is 0 Å². The zero-order chi connectivity index (χ0) is 31.1. The third-order valence-electron chi connectivity index (χ3n) is 10.4. The fourth-order valence-corrected chi connectivity index (χ4v) is 9.73.